The lowest BCUT2D eigenvalue weighted by Crippen LogP contribution is -2.52. The fraction of sp³-hybridized carbons (Fsp3) is 0.423. The third-order valence-corrected chi connectivity index (χ3v) is 6.03. The largest absolute Gasteiger partial charge is 0.444 e. The van der Waals surface area contributed by atoms with Crippen molar-refractivity contribution in [3.63, 3.8) is 0 Å². The molecule has 2 aromatic rings. The Morgan fingerprint density at radius 1 is 1.09 bits per heavy atom. The van der Waals surface area contributed by atoms with E-state index in [-0.39, 0.29) is 5.75 Å². The number of carbonyl (C=O) groups excluding carboxylic acids is 3. The number of halogens is 1. The van der Waals surface area contributed by atoms with E-state index in [0.717, 1.165) is 16.7 Å². The number of anilines is 1. The van der Waals surface area contributed by atoms with E-state index >= 15 is 0 Å². The summed E-state index contributed by atoms with van der Waals surface area (Å²) >= 11 is 10.6. The van der Waals surface area contributed by atoms with Crippen LogP contribution in [-0.2, 0) is 14.3 Å². The van der Waals surface area contributed by atoms with E-state index in [4.69, 9.17) is 16.3 Å². The van der Waals surface area contributed by atoms with Crippen molar-refractivity contribution in [3.05, 3.63) is 63.7 Å². The zero-order valence-corrected chi connectivity index (χ0v) is 22.9. The van der Waals surface area contributed by atoms with Gasteiger partial charge in [0.25, 0.3) is 5.91 Å². The van der Waals surface area contributed by atoms with Gasteiger partial charge in [0.15, 0.2) is 0 Å². The maximum Gasteiger partial charge on any atom is 0.408 e. The van der Waals surface area contributed by atoms with Crippen LogP contribution in [0.25, 0.3) is 0 Å². The Hall–Kier alpha value is -2.71. The minimum atomic E-state index is -0.999. The maximum atomic E-state index is 13.6. The van der Waals surface area contributed by atoms with Crippen molar-refractivity contribution in [2.45, 2.75) is 59.2 Å². The van der Waals surface area contributed by atoms with Gasteiger partial charge in [-0.25, -0.2) is 4.79 Å². The molecule has 0 saturated heterocycles. The highest BCUT2D eigenvalue weighted by molar-refractivity contribution is 7.80. The number of nitrogens with zero attached hydrogens (tertiary/aromatic N) is 1. The molecule has 0 aliphatic heterocycles. The normalized spacial score (nSPS) is 12.9. The van der Waals surface area contributed by atoms with E-state index in [1.165, 1.54) is 11.9 Å². The topological polar surface area (TPSA) is 87.7 Å². The van der Waals surface area contributed by atoms with Crippen molar-refractivity contribution >= 4 is 47.8 Å². The molecule has 0 aliphatic carbocycles. The summed E-state index contributed by atoms with van der Waals surface area (Å²) in [4.78, 5) is 40.7. The molecule has 0 aromatic heterocycles. The first kappa shape index (κ1) is 28.5. The smallest absolute Gasteiger partial charge is 0.408 e. The van der Waals surface area contributed by atoms with Crippen LogP contribution in [0.15, 0.2) is 36.4 Å². The molecule has 0 bridgehead atoms. The molecular formula is C26H34ClN3O4S. The molecule has 2 rings (SSSR count). The number of para-hydroxylation sites is 1. The van der Waals surface area contributed by atoms with E-state index in [9.17, 15) is 14.4 Å². The van der Waals surface area contributed by atoms with E-state index in [0.29, 0.717) is 16.3 Å². The van der Waals surface area contributed by atoms with Crippen LogP contribution >= 0.6 is 24.2 Å². The molecule has 2 aromatic carbocycles. The van der Waals surface area contributed by atoms with Gasteiger partial charge in [0.05, 0.1) is 10.7 Å². The van der Waals surface area contributed by atoms with Gasteiger partial charge < -0.3 is 20.3 Å². The quantitative estimate of drug-likeness (QED) is 0.437. The van der Waals surface area contributed by atoms with Gasteiger partial charge in [-0.3, -0.25) is 9.59 Å². The summed E-state index contributed by atoms with van der Waals surface area (Å²) in [7, 11) is 1.53. The second-order valence-electron chi connectivity index (χ2n) is 9.51. The van der Waals surface area contributed by atoms with Crippen molar-refractivity contribution in [2.75, 3.05) is 18.1 Å². The fourth-order valence-electron chi connectivity index (χ4n) is 3.65. The van der Waals surface area contributed by atoms with Gasteiger partial charge in [-0.2, -0.15) is 12.6 Å². The maximum absolute atomic E-state index is 13.6. The minimum absolute atomic E-state index is 0.0211. The number of amides is 3. The number of aryl methyl sites for hydroxylation is 3. The van der Waals surface area contributed by atoms with Gasteiger partial charge >= 0.3 is 6.09 Å². The number of benzene rings is 2. The number of hydrogen-bond acceptors (Lipinski definition) is 5. The third kappa shape index (κ3) is 7.64. The Bertz CT molecular complexity index is 1080. The van der Waals surface area contributed by atoms with Gasteiger partial charge in [0.1, 0.15) is 17.7 Å². The van der Waals surface area contributed by atoms with Crippen LogP contribution < -0.4 is 10.6 Å². The van der Waals surface area contributed by atoms with Gasteiger partial charge in [0.2, 0.25) is 5.91 Å². The van der Waals surface area contributed by atoms with Crippen LogP contribution in [0.5, 0.6) is 0 Å². The van der Waals surface area contributed by atoms with Crippen LogP contribution in [0.4, 0.5) is 10.5 Å². The number of likely N-dealkylation sites (N-methyl/N-ethyl adjacent to an activating group) is 1. The Balaban J connectivity index is 2.42. The molecule has 0 radical (unpaired) electrons. The first-order chi connectivity index (χ1) is 16.2. The minimum Gasteiger partial charge on any atom is -0.444 e. The standard InChI is InChI=1S/C26H34ClN3O4S/c1-15-11-12-18(17(3)13-15)22(23(31)29-21-16(2)9-8-10-19(21)27)30(7)24(32)20(14-35)28-25(33)34-26(4,5)6/h8-13,20,22,35H,14H2,1-7H3,(H,28,33)(H,29,31). The zero-order chi connectivity index (χ0) is 26.5. The van der Waals surface area contributed by atoms with Crippen LogP contribution in [0.3, 0.4) is 0 Å². The molecule has 7 nitrogen and oxygen atoms in total. The van der Waals surface area contributed by atoms with Gasteiger partial charge in [-0.15, -0.1) is 0 Å². The average Bonchev–Trinajstić information content (AvgIpc) is 2.74. The highest BCUT2D eigenvalue weighted by Gasteiger charge is 2.34. The number of nitrogens with one attached hydrogen (secondary N) is 2. The lowest BCUT2D eigenvalue weighted by Gasteiger charge is -2.32. The van der Waals surface area contributed by atoms with E-state index in [2.05, 4.69) is 23.3 Å². The van der Waals surface area contributed by atoms with Crippen molar-refractivity contribution in [1.82, 2.24) is 10.2 Å². The highest BCUT2D eigenvalue weighted by atomic mass is 35.5. The highest BCUT2D eigenvalue weighted by Crippen LogP contribution is 2.30. The number of hydrogen-bond donors (Lipinski definition) is 3. The molecule has 2 N–H and O–H groups in total. The summed E-state index contributed by atoms with van der Waals surface area (Å²) in [6, 6.07) is 9.00. The Morgan fingerprint density at radius 3 is 2.29 bits per heavy atom. The van der Waals surface area contributed by atoms with Gasteiger partial charge in [0, 0.05) is 12.8 Å². The van der Waals surface area contributed by atoms with Crippen LogP contribution in [-0.4, -0.2) is 47.3 Å². The number of carbonyl (C=O) groups is 3. The van der Waals surface area contributed by atoms with Crippen molar-refractivity contribution in [2.24, 2.45) is 0 Å². The molecule has 3 amide bonds. The molecule has 0 saturated carbocycles. The van der Waals surface area contributed by atoms with Gasteiger partial charge in [-0.05, 0) is 64.3 Å². The summed E-state index contributed by atoms with van der Waals surface area (Å²) < 4.78 is 5.28. The Morgan fingerprint density at radius 2 is 1.74 bits per heavy atom. The lowest BCUT2D eigenvalue weighted by molar-refractivity contribution is -0.138. The molecule has 2 atom stereocenters. The van der Waals surface area contributed by atoms with E-state index in [1.54, 1.807) is 32.9 Å². The Labute approximate surface area is 218 Å². The van der Waals surface area contributed by atoms with Crippen LogP contribution in [0, 0.1) is 20.8 Å². The summed E-state index contributed by atoms with van der Waals surface area (Å²) in [5.41, 5.74) is 3.08. The predicted octanol–water partition coefficient (Wildman–Crippen LogP) is 5.23. The molecule has 0 heterocycles. The van der Waals surface area contributed by atoms with E-state index < -0.39 is 35.6 Å². The van der Waals surface area contributed by atoms with Gasteiger partial charge in [-0.1, -0.05) is 47.5 Å². The first-order valence-electron chi connectivity index (χ1n) is 11.2. The summed E-state index contributed by atoms with van der Waals surface area (Å²) in [5, 5.41) is 5.84. The number of ether oxygens (including phenoxy) is 1. The SMILES string of the molecule is Cc1ccc(C(C(=O)Nc2c(C)cccc2Cl)N(C)C(=O)C(CS)NC(=O)OC(C)(C)C)c(C)c1. The lowest BCUT2D eigenvalue weighted by atomic mass is 9.97. The molecule has 0 spiro atoms. The number of alkyl carbamates (subject to hydrolysis) is 1. The third-order valence-electron chi connectivity index (χ3n) is 5.34. The van der Waals surface area contributed by atoms with Crippen molar-refractivity contribution in [3.8, 4) is 0 Å². The number of thiol groups is 1. The molecule has 35 heavy (non-hydrogen) atoms. The molecular weight excluding hydrogens is 486 g/mol. The molecule has 2 unspecified atom stereocenters. The molecule has 190 valence electrons. The number of rotatable bonds is 7. The van der Waals surface area contributed by atoms with Crippen molar-refractivity contribution in [1.29, 1.82) is 0 Å². The second kappa shape index (κ2) is 11.8. The van der Waals surface area contributed by atoms with Crippen LogP contribution in [0.2, 0.25) is 5.02 Å². The zero-order valence-electron chi connectivity index (χ0n) is 21.2. The second-order valence-corrected chi connectivity index (χ2v) is 10.3. The molecule has 0 fully saturated rings. The summed E-state index contributed by atoms with van der Waals surface area (Å²) in [6.45, 7) is 10.9. The fourth-order valence-corrected chi connectivity index (χ4v) is 4.16. The molecule has 9 heteroatoms. The Kier molecular flexibility index (Phi) is 9.63. The van der Waals surface area contributed by atoms with E-state index in [1.807, 2.05) is 45.0 Å². The van der Waals surface area contributed by atoms with Crippen molar-refractivity contribution < 1.29 is 19.1 Å². The van der Waals surface area contributed by atoms with Crippen LogP contribution in [0.1, 0.15) is 49.1 Å². The summed E-state index contributed by atoms with van der Waals surface area (Å²) in [6.07, 6.45) is -0.738. The monoisotopic (exact) mass is 519 g/mol. The predicted molar refractivity (Wildman–Crippen MR) is 143 cm³/mol. The first-order valence-corrected chi connectivity index (χ1v) is 12.3. The average molecular weight is 520 g/mol. The summed E-state index contributed by atoms with van der Waals surface area (Å²) in [5.74, 6) is -0.895. The molecule has 0 aliphatic rings.